The Kier molecular flexibility index (Phi) is 9.21. The molecule has 0 bridgehead atoms. The second-order valence-corrected chi connectivity index (χ2v) is 8.98. The standard InChI is InChI=1S/C32H30N2O5/c1-39-32(38)28(26(22-14-6-2-7-15-22)23-16-8-3-9-17-23)34-31(37)29(35)27(24-18-10-4-11-19-24)33-30(36)25-20-12-5-13-21-25/h2-21,26-29,35H,1H3,(H,33,36)(H,34,37)/t27-,28-,29+/m0/s1. The number of esters is 1. The third-order valence-corrected chi connectivity index (χ3v) is 6.47. The molecule has 4 aromatic carbocycles. The van der Waals surface area contributed by atoms with Crippen molar-refractivity contribution in [1.29, 1.82) is 0 Å². The van der Waals surface area contributed by atoms with Crippen molar-refractivity contribution in [2.24, 2.45) is 0 Å². The zero-order valence-electron chi connectivity index (χ0n) is 21.4. The van der Waals surface area contributed by atoms with Crippen LogP contribution in [0.4, 0.5) is 0 Å². The SMILES string of the molecule is COC(=O)[C@@H](NC(=O)[C@H](O)[C@@H](NC(=O)c1ccccc1)c1ccccc1)C(c1ccccc1)c1ccccc1. The second-order valence-electron chi connectivity index (χ2n) is 8.98. The number of hydrogen-bond acceptors (Lipinski definition) is 5. The maximum absolute atomic E-state index is 13.6. The lowest BCUT2D eigenvalue weighted by Crippen LogP contribution is -2.52. The summed E-state index contributed by atoms with van der Waals surface area (Å²) in [5.74, 6) is -2.54. The lowest BCUT2D eigenvalue weighted by atomic mass is 9.84. The molecular weight excluding hydrogens is 492 g/mol. The number of carbonyl (C=O) groups is 3. The number of aliphatic hydroxyl groups is 1. The van der Waals surface area contributed by atoms with Gasteiger partial charge in [-0.3, -0.25) is 9.59 Å². The van der Waals surface area contributed by atoms with Crippen molar-refractivity contribution in [3.8, 4) is 0 Å². The molecule has 4 aromatic rings. The molecule has 0 aliphatic carbocycles. The Balaban J connectivity index is 1.66. The van der Waals surface area contributed by atoms with Gasteiger partial charge in [0.1, 0.15) is 6.04 Å². The van der Waals surface area contributed by atoms with Crippen LogP contribution in [0.2, 0.25) is 0 Å². The van der Waals surface area contributed by atoms with Crippen molar-refractivity contribution in [2.45, 2.75) is 24.1 Å². The van der Waals surface area contributed by atoms with E-state index in [1.807, 2.05) is 60.7 Å². The summed E-state index contributed by atoms with van der Waals surface area (Å²) in [6.07, 6.45) is -1.71. The van der Waals surface area contributed by atoms with Crippen molar-refractivity contribution in [1.82, 2.24) is 10.6 Å². The van der Waals surface area contributed by atoms with E-state index in [9.17, 15) is 19.5 Å². The van der Waals surface area contributed by atoms with Gasteiger partial charge >= 0.3 is 5.97 Å². The predicted octanol–water partition coefficient (Wildman–Crippen LogP) is 4.01. The Morgan fingerprint density at radius 1 is 0.641 bits per heavy atom. The van der Waals surface area contributed by atoms with Crippen LogP contribution in [-0.4, -0.2) is 42.1 Å². The van der Waals surface area contributed by atoms with Crippen molar-refractivity contribution >= 4 is 17.8 Å². The summed E-state index contributed by atoms with van der Waals surface area (Å²) in [5, 5.41) is 16.8. The highest BCUT2D eigenvalue weighted by Crippen LogP contribution is 2.29. The maximum Gasteiger partial charge on any atom is 0.329 e. The molecule has 0 aliphatic heterocycles. The van der Waals surface area contributed by atoms with Crippen molar-refractivity contribution in [3.05, 3.63) is 144 Å². The molecule has 3 N–H and O–H groups in total. The molecule has 39 heavy (non-hydrogen) atoms. The Labute approximate surface area is 227 Å². The van der Waals surface area contributed by atoms with Crippen molar-refractivity contribution < 1.29 is 24.2 Å². The van der Waals surface area contributed by atoms with Crippen LogP contribution in [0, 0.1) is 0 Å². The molecule has 198 valence electrons. The molecule has 0 fully saturated rings. The minimum atomic E-state index is -1.71. The summed E-state index contributed by atoms with van der Waals surface area (Å²) in [6, 6.07) is 33.6. The first-order chi connectivity index (χ1) is 19.0. The molecule has 0 radical (unpaired) electrons. The predicted molar refractivity (Wildman–Crippen MR) is 148 cm³/mol. The molecule has 0 heterocycles. The Hall–Kier alpha value is -4.75. The largest absolute Gasteiger partial charge is 0.467 e. The van der Waals surface area contributed by atoms with E-state index in [0.29, 0.717) is 11.1 Å². The van der Waals surface area contributed by atoms with E-state index in [-0.39, 0.29) is 0 Å². The van der Waals surface area contributed by atoms with Crippen LogP contribution in [0.3, 0.4) is 0 Å². The highest BCUT2D eigenvalue weighted by atomic mass is 16.5. The van der Waals surface area contributed by atoms with Crippen LogP contribution in [0.5, 0.6) is 0 Å². The average Bonchev–Trinajstić information content (AvgIpc) is 3.00. The molecule has 0 saturated heterocycles. The topological polar surface area (TPSA) is 105 Å². The minimum absolute atomic E-state index is 0.381. The van der Waals surface area contributed by atoms with Crippen LogP contribution in [0.1, 0.15) is 39.0 Å². The zero-order valence-corrected chi connectivity index (χ0v) is 21.4. The van der Waals surface area contributed by atoms with Crippen LogP contribution < -0.4 is 10.6 Å². The quantitative estimate of drug-likeness (QED) is 0.273. The van der Waals surface area contributed by atoms with Gasteiger partial charge in [0.2, 0.25) is 0 Å². The van der Waals surface area contributed by atoms with Gasteiger partial charge in [0.15, 0.2) is 6.10 Å². The van der Waals surface area contributed by atoms with Gasteiger partial charge in [0, 0.05) is 11.5 Å². The Morgan fingerprint density at radius 3 is 1.54 bits per heavy atom. The fraction of sp³-hybridized carbons (Fsp3) is 0.156. The fourth-order valence-corrected chi connectivity index (χ4v) is 4.51. The van der Waals surface area contributed by atoms with Crippen molar-refractivity contribution in [2.75, 3.05) is 7.11 Å². The first kappa shape index (κ1) is 27.3. The average molecular weight is 523 g/mol. The van der Waals surface area contributed by atoms with Gasteiger partial charge in [-0.05, 0) is 28.8 Å². The van der Waals surface area contributed by atoms with Gasteiger partial charge in [-0.1, -0.05) is 109 Å². The highest BCUT2D eigenvalue weighted by molar-refractivity contribution is 5.95. The third-order valence-electron chi connectivity index (χ3n) is 6.47. The summed E-state index contributed by atoms with van der Waals surface area (Å²) >= 11 is 0. The number of carbonyl (C=O) groups excluding carboxylic acids is 3. The molecule has 4 rings (SSSR count). The van der Waals surface area contributed by atoms with Gasteiger partial charge in [0.05, 0.1) is 13.2 Å². The minimum Gasteiger partial charge on any atom is -0.467 e. The van der Waals surface area contributed by atoms with Gasteiger partial charge in [-0.15, -0.1) is 0 Å². The maximum atomic E-state index is 13.6. The smallest absolute Gasteiger partial charge is 0.329 e. The van der Waals surface area contributed by atoms with E-state index in [1.165, 1.54) is 7.11 Å². The summed E-state index contributed by atoms with van der Waals surface area (Å²) in [5.41, 5.74) is 2.48. The lowest BCUT2D eigenvalue weighted by molar-refractivity contribution is -0.147. The van der Waals surface area contributed by atoms with Crippen LogP contribution in [0.15, 0.2) is 121 Å². The monoisotopic (exact) mass is 522 g/mol. The molecule has 2 amide bonds. The number of nitrogens with one attached hydrogen (secondary N) is 2. The first-order valence-electron chi connectivity index (χ1n) is 12.6. The van der Waals surface area contributed by atoms with E-state index >= 15 is 0 Å². The van der Waals surface area contributed by atoms with E-state index < -0.39 is 41.9 Å². The summed E-state index contributed by atoms with van der Waals surface area (Å²) in [4.78, 5) is 39.6. The number of benzene rings is 4. The summed E-state index contributed by atoms with van der Waals surface area (Å²) < 4.78 is 5.08. The number of ether oxygens (including phenoxy) is 1. The Morgan fingerprint density at radius 2 is 1.08 bits per heavy atom. The van der Waals surface area contributed by atoms with Gasteiger partial charge in [0.25, 0.3) is 11.8 Å². The molecule has 0 saturated carbocycles. The second kappa shape index (κ2) is 13.2. The molecule has 0 aromatic heterocycles. The van der Waals surface area contributed by atoms with Crippen LogP contribution in [0.25, 0.3) is 0 Å². The first-order valence-corrected chi connectivity index (χ1v) is 12.6. The summed E-state index contributed by atoms with van der Waals surface area (Å²) in [7, 11) is 1.25. The van der Waals surface area contributed by atoms with Gasteiger partial charge in [-0.25, -0.2) is 4.79 Å². The summed E-state index contributed by atoms with van der Waals surface area (Å²) in [6.45, 7) is 0. The molecule has 0 unspecified atom stereocenters. The number of amides is 2. The molecule has 0 spiro atoms. The third kappa shape index (κ3) is 6.77. The van der Waals surface area contributed by atoms with Crippen LogP contribution >= 0.6 is 0 Å². The van der Waals surface area contributed by atoms with Gasteiger partial charge in [-0.2, -0.15) is 0 Å². The number of aliphatic hydroxyl groups excluding tert-OH is 1. The molecule has 7 nitrogen and oxygen atoms in total. The fourth-order valence-electron chi connectivity index (χ4n) is 4.51. The zero-order chi connectivity index (χ0) is 27.6. The van der Waals surface area contributed by atoms with E-state index in [1.54, 1.807) is 60.7 Å². The normalized spacial score (nSPS) is 13.1. The van der Waals surface area contributed by atoms with Gasteiger partial charge < -0.3 is 20.5 Å². The van der Waals surface area contributed by atoms with Crippen LogP contribution in [-0.2, 0) is 14.3 Å². The number of rotatable bonds is 10. The number of hydrogen-bond donors (Lipinski definition) is 3. The van der Waals surface area contributed by atoms with Crippen molar-refractivity contribution in [3.63, 3.8) is 0 Å². The molecule has 0 aliphatic rings. The lowest BCUT2D eigenvalue weighted by Gasteiger charge is -2.30. The Bertz CT molecular complexity index is 1330. The van der Waals surface area contributed by atoms with E-state index in [4.69, 9.17) is 4.74 Å². The highest BCUT2D eigenvalue weighted by Gasteiger charge is 2.37. The van der Waals surface area contributed by atoms with E-state index in [2.05, 4.69) is 10.6 Å². The number of methoxy groups -OCH3 is 1. The molecule has 7 heteroatoms. The van der Waals surface area contributed by atoms with E-state index in [0.717, 1.165) is 11.1 Å². The molecular formula is C32H30N2O5. The molecule has 3 atom stereocenters.